The van der Waals surface area contributed by atoms with Crippen LogP contribution in [-0.2, 0) is 6.42 Å². The summed E-state index contributed by atoms with van der Waals surface area (Å²) < 4.78 is 0. The fraction of sp³-hybridized carbons (Fsp3) is 0.0588. The summed E-state index contributed by atoms with van der Waals surface area (Å²) in [6, 6.07) is 16.3. The molecule has 2 aromatic heterocycles. The van der Waals surface area contributed by atoms with Gasteiger partial charge in [-0.25, -0.2) is 4.98 Å². The maximum absolute atomic E-state index is 4.68. The standard InChI is InChI=1S/C17H13N3/c1-2-6-15-14(5-1)12(10-18-15)9-13-11-19-16-7-3-4-8-17(16)20-13/h1-8,10-11,18H,9H2. The Kier molecular flexibility index (Phi) is 2.49. The monoisotopic (exact) mass is 259 g/mol. The van der Waals surface area contributed by atoms with E-state index in [1.54, 1.807) is 0 Å². The first-order valence-corrected chi connectivity index (χ1v) is 6.66. The van der Waals surface area contributed by atoms with Crippen LogP contribution in [0.4, 0.5) is 0 Å². The lowest BCUT2D eigenvalue weighted by Crippen LogP contribution is -1.94. The molecule has 2 heterocycles. The number of rotatable bonds is 2. The van der Waals surface area contributed by atoms with Gasteiger partial charge in [-0.3, -0.25) is 4.98 Å². The molecule has 4 rings (SSSR count). The van der Waals surface area contributed by atoms with Crippen molar-refractivity contribution < 1.29 is 0 Å². The molecule has 0 fully saturated rings. The van der Waals surface area contributed by atoms with Crippen LogP contribution in [0.1, 0.15) is 11.3 Å². The largest absolute Gasteiger partial charge is 0.361 e. The quantitative estimate of drug-likeness (QED) is 0.596. The minimum Gasteiger partial charge on any atom is -0.361 e. The Hall–Kier alpha value is -2.68. The summed E-state index contributed by atoms with van der Waals surface area (Å²) in [5.41, 5.74) is 5.30. The summed E-state index contributed by atoms with van der Waals surface area (Å²) in [5.74, 6) is 0. The van der Waals surface area contributed by atoms with Crippen LogP contribution in [0.5, 0.6) is 0 Å². The van der Waals surface area contributed by atoms with Crippen LogP contribution >= 0.6 is 0 Å². The molecule has 3 heteroatoms. The highest BCUT2D eigenvalue weighted by Gasteiger charge is 2.06. The van der Waals surface area contributed by atoms with Crippen molar-refractivity contribution in [1.29, 1.82) is 0 Å². The number of nitrogens with zero attached hydrogens (tertiary/aromatic N) is 2. The number of benzene rings is 2. The fourth-order valence-corrected chi connectivity index (χ4v) is 2.55. The van der Waals surface area contributed by atoms with Crippen molar-refractivity contribution in [1.82, 2.24) is 15.0 Å². The number of nitrogens with one attached hydrogen (secondary N) is 1. The van der Waals surface area contributed by atoms with Crippen LogP contribution < -0.4 is 0 Å². The van der Waals surface area contributed by atoms with E-state index in [1.165, 1.54) is 10.9 Å². The number of para-hydroxylation sites is 3. The lowest BCUT2D eigenvalue weighted by atomic mass is 10.1. The first kappa shape index (κ1) is 11.2. The van der Waals surface area contributed by atoms with Crippen LogP contribution in [0.15, 0.2) is 60.9 Å². The lowest BCUT2D eigenvalue weighted by molar-refractivity contribution is 1.08. The normalized spacial score (nSPS) is 11.2. The molecule has 0 atom stereocenters. The number of H-pyrrole nitrogens is 1. The Labute approximate surface area is 116 Å². The third-order valence-electron chi connectivity index (χ3n) is 3.54. The molecule has 2 aromatic carbocycles. The molecule has 0 saturated carbocycles. The maximum Gasteiger partial charge on any atom is 0.0890 e. The summed E-state index contributed by atoms with van der Waals surface area (Å²) in [6.07, 6.45) is 4.72. The van der Waals surface area contributed by atoms with Gasteiger partial charge in [0.05, 0.1) is 16.7 Å². The Morgan fingerprint density at radius 1 is 0.900 bits per heavy atom. The molecule has 0 amide bonds. The number of fused-ring (bicyclic) bond motifs is 2. The topological polar surface area (TPSA) is 41.6 Å². The summed E-state index contributed by atoms with van der Waals surface area (Å²) in [5, 5.41) is 1.25. The SMILES string of the molecule is c1ccc2nc(Cc3c[nH]c4ccccc34)cnc2c1. The van der Waals surface area contributed by atoms with Gasteiger partial charge in [0.15, 0.2) is 0 Å². The first-order chi connectivity index (χ1) is 9.90. The van der Waals surface area contributed by atoms with E-state index in [-0.39, 0.29) is 0 Å². The van der Waals surface area contributed by atoms with Crippen molar-refractivity contribution in [2.24, 2.45) is 0 Å². The van der Waals surface area contributed by atoms with Gasteiger partial charge in [-0.05, 0) is 23.8 Å². The van der Waals surface area contributed by atoms with Crippen LogP contribution in [0.2, 0.25) is 0 Å². The molecule has 0 saturated heterocycles. The number of hydrogen-bond donors (Lipinski definition) is 1. The summed E-state index contributed by atoms with van der Waals surface area (Å²) in [6.45, 7) is 0. The van der Waals surface area contributed by atoms with Crippen LogP contribution in [0, 0.1) is 0 Å². The molecule has 4 aromatic rings. The van der Waals surface area contributed by atoms with Gasteiger partial charge in [0, 0.05) is 29.7 Å². The predicted octanol–water partition coefficient (Wildman–Crippen LogP) is 3.70. The molecular formula is C17H13N3. The summed E-state index contributed by atoms with van der Waals surface area (Å²) in [7, 11) is 0. The van der Waals surface area contributed by atoms with Gasteiger partial charge >= 0.3 is 0 Å². The number of aromatic amines is 1. The van der Waals surface area contributed by atoms with Gasteiger partial charge in [-0.2, -0.15) is 0 Å². The predicted molar refractivity (Wildman–Crippen MR) is 80.6 cm³/mol. The highest BCUT2D eigenvalue weighted by atomic mass is 14.8. The average Bonchev–Trinajstić information content (AvgIpc) is 2.91. The van der Waals surface area contributed by atoms with E-state index < -0.39 is 0 Å². The Balaban J connectivity index is 1.76. The van der Waals surface area contributed by atoms with Crippen LogP contribution in [0.25, 0.3) is 21.9 Å². The van der Waals surface area contributed by atoms with Gasteiger partial charge < -0.3 is 4.98 Å². The third kappa shape index (κ3) is 1.84. The van der Waals surface area contributed by atoms with Crippen molar-refractivity contribution in [2.45, 2.75) is 6.42 Å². The Bertz CT molecular complexity index is 893. The van der Waals surface area contributed by atoms with Crippen molar-refractivity contribution >= 4 is 21.9 Å². The van der Waals surface area contributed by atoms with Crippen LogP contribution in [-0.4, -0.2) is 15.0 Å². The van der Waals surface area contributed by atoms with E-state index >= 15 is 0 Å². The van der Waals surface area contributed by atoms with Gasteiger partial charge in [0.2, 0.25) is 0 Å². The van der Waals surface area contributed by atoms with Gasteiger partial charge in [0.25, 0.3) is 0 Å². The van der Waals surface area contributed by atoms with Crippen molar-refractivity contribution in [3.8, 4) is 0 Å². The smallest absolute Gasteiger partial charge is 0.0890 e. The van der Waals surface area contributed by atoms with E-state index in [2.05, 4.69) is 39.3 Å². The second-order valence-corrected chi connectivity index (χ2v) is 4.89. The molecule has 0 aliphatic heterocycles. The average molecular weight is 259 g/mol. The molecule has 1 N–H and O–H groups in total. The fourth-order valence-electron chi connectivity index (χ4n) is 2.55. The van der Waals surface area contributed by atoms with E-state index in [9.17, 15) is 0 Å². The zero-order valence-corrected chi connectivity index (χ0v) is 10.9. The number of aromatic nitrogens is 3. The lowest BCUT2D eigenvalue weighted by Gasteiger charge is -2.02. The highest BCUT2D eigenvalue weighted by Crippen LogP contribution is 2.20. The zero-order valence-electron chi connectivity index (χ0n) is 10.9. The van der Waals surface area contributed by atoms with E-state index in [0.717, 1.165) is 28.7 Å². The highest BCUT2D eigenvalue weighted by molar-refractivity contribution is 5.83. The van der Waals surface area contributed by atoms with Gasteiger partial charge in [0.1, 0.15) is 0 Å². The Morgan fingerprint density at radius 2 is 1.70 bits per heavy atom. The minimum atomic E-state index is 0.793. The maximum atomic E-state index is 4.68. The van der Waals surface area contributed by atoms with Crippen molar-refractivity contribution in [3.63, 3.8) is 0 Å². The zero-order chi connectivity index (χ0) is 13.4. The number of hydrogen-bond acceptors (Lipinski definition) is 2. The molecule has 0 spiro atoms. The molecule has 20 heavy (non-hydrogen) atoms. The summed E-state index contributed by atoms with van der Waals surface area (Å²) >= 11 is 0. The summed E-state index contributed by atoms with van der Waals surface area (Å²) in [4.78, 5) is 12.4. The van der Waals surface area contributed by atoms with Crippen molar-refractivity contribution in [3.05, 3.63) is 72.2 Å². The van der Waals surface area contributed by atoms with Crippen LogP contribution in [0.3, 0.4) is 0 Å². The van der Waals surface area contributed by atoms with Gasteiger partial charge in [-0.1, -0.05) is 30.3 Å². The third-order valence-corrected chi connectivity index (χ3v) is 3.54. The molecule has 0 radical (unpaired) electrons. The first-order valence-electron chi connectivity index (χ1n) is 6.66. The van der Waals surface area contributed by atoms with E-state index in [4.69, 9.17) is 0 Å². The minimum absolute atomic E-state index is 0.793. The Morgan fingerprint density at radius 3 is 2.65 bits per heavy atom. The van der Waals surface area contributed by atoms with Crippen molar-refractivity contribution in [2.75, 3.05) is 0 Å². The molecule has 0 unspecified atom stereocenters. The second-order valence-electron chi connectivity index (χ2n) is 4.89. The molecule has 0 aliphatic rings. The van der Waals surface area contributed by atoms with Gasteiger partial charge in [-0.15, -0.1) is 0 Å². The van der Waals surface area contributed by atoms with E-state index in [1.807, 2.05) is 36.5 Å². The second kappa shape index (κ2) is 4.46. The molecule has 3 nitrogen and oxygen atoms in total. The molecule has 0 aliphatic carbocycles. The molecule has 96 valence electrons. The molecular weight excluding hydrogens is 246 g/mol. The van der Waals surface area contributed by atoms with E-state index in [0.29, 0.717) is 0 Å². The molecule has 0 bridgehead atoms.